The van der Waals surface area contributed by atoms with Crippen LogP contribution in [0.1, 0.15) is 25.7 Å². The van der Waals surface area contributed by atoms with Gasteiger partial charge in [0.25, 0.3) is 0 Å². The fraction of sp³-hybridized carbons (Fsp3) is 0.778. The number of rotatable bonds is 5. The first-order valence-corrected chi connectivity index (χ1v) is 5.84. The highest BCUT2D eigenvalue weighted by Gasteiger charge is 2.38. The van der Waals surface area contributed by atoms with Gasteiger partial charge in [-0.3, -0.25) is 9.59 Å². The number of nitrogens with two attached hydrogens (primary N) is 2. The zero-order chi connectivity index (χ0) is 11.4. The first kappa shape index (κ1) is 12.5. The molecule has 1 rings (SSSR count). The second kappa shape index (κ2) is 5.48. The average Bonchev–Trinajstić information content (AvgIpc) is 2.41. The zero-order valence-electron chi connectivity index (χ0n) is 8.39. The van der Waals surface area contributed by atoms with Crippen molar-refractivity contribution >= 4 is 22.8 Å². The van der Waals surface area contributed by atoms with Crippen molar-refractivity contribution in [3.8, 4) is 0 Å². The second-order valence-electron chi connectivity index (χ2n) is 3.72. The molecule has 1 heterocycles. The fourth-order valence-electron chi connectivity index (χ4n) is 1.57. The third-order valence-corrected chi connectivity index (χ3v) is 3.87. The van der Waals surface area contributed by atoms with Crippen LogP contribution in [0.4, 0.5) is 0 Å². The molecule has 86 valence electrons. The maximum Gasteiger partial charge on any atom is 0.303 e. The molecule has 0 aromatic rings. The highest BCUT2D eigenvalue weighted by molar-refractivity contribution is 8.14. The molecule has 1 saturated heterocycles. The Morgan fingerprint density at radius 3 is 2.53 bits per heavy atom. The molecule has 0 amide bonds. The van der Waals surface area contributed by atoms with Crippen LogP contribution in [0.5, 0.6) is 0 Å². The van der Waals surface area contributed by atoms with Crippen molar-refractivity contribution in [3.63, 3.8) is 0 Å². The van der Waals surface area contributed by atoms with E-state index in [1.54, 1.807) is 0 Å². The van der Waals surface area contributed by atoms with Crippen molar-refractivity contribution < 1.29 is 14.7 Å². The van der Waals surface area contributed by atoms with Gasteiger partial charge in [-0.1, -0.05) is 18.2 Å². The van der Waals surface area contributed by atoms with E-state index in [-0.39, 0.29) is 22.8 Å². The molecule has 0 unspecified atom stereocenters. The van der Waals surface area contributed by atoms with Gasteiger partial charge in [0.2, 0.25) is 5.12 Å². The van der Waals surface area contributed by atoms with Gasteiger partial charge in [-0.2, -0.15) is 0 Å². The van der Waals surface area contributed by atoms with Gasteiger partial charge in [-0.25, -0.2) is 0 Å². The van der Waals surface area contributed by atoms with Gasteiger partial charge in [0.1, 0.15) is 0 Å². The number of unbranched alkanes of at least 4 members (excludes halogenated alkanes) is 1. The van der Waals surface area contributed by atoms with Crippen LogP contribution in [0, 0.1) is 0 Å². The third-order valence-electron chi connectivity index (χ3n) is 2.51. The topological polar surface area (TPSA) is 106 Å². The van der Waals surface area contributed by atoms with Crippen molar-refractivity contribution in [2.75, 3.05) is 0 Å². The quantitative estimate of drug-likeness (QED) is 0.573. The summed E-state index contributed by atoms with van der Waals surface area (Å²) < 4.78 is 0. The summed E-state index contributed by atoms with van der Waals surface area (Å²) in [4.78, 5) is 21.5. The Morgan fingerprint density at radius 2 is 2.07 bits per heavy atom. The Labute approximate surface area is 92.6 Å². The summed E-state index contributed by atoms with van der Waals surface area (Å²) in [5.74, 6) is -0.786. The van der Waals surface area contributed by atoms with Gasteiger partial charge >= 0.3 is 5.97 Å². The monoisotopic (exact) mass is 232 g/mol. The maximum absolute atomic E-state index is 11.2. The molecule has 6 heteroatoms. The SMILES string of the molecule is N[C@@H]1[C@H](CCCCC(=O)O)SC(=O)[C@@H]1N. The zero-order valence-corrected chi connectivity index (χ0v) is 9.20. The number of carboxylic acid groups (broad SMARTS) is 1. The van der Waals surface area contributed by atoms with Crippen molar-refractivity contribution in [1.82, 2.24) is 0 Å². The average molecular weight is 232 g/mol. The van der Waals surface area contributed by atoms with E-state index >= 15 is 0 Å². The van der Waals surface area contributed by atoms with Gasteiger partial charge in [0.05, 0.1) is 6.04 Å². The van der Waals surface area contributed by atoms with Gasteiger partial charge in [0.15, 0.2) is 0 Å². The minimum atomic E-state index is -0.786. The van der Waals surface area contributed by atoms with Crippen LogP contribution in [-0.4, -0.2) is 33.5 Å². The number of hydrogen-bond acceptors (Lipinski definition) is 5. The molecular weight excluding hydrogens is 216 g/mol. The van der Waals surface area contributed by atoms with Crippen LogP contribution in [0.25, 0.3) is 0 Å². The summed E-state index contributed by atoms with van der Waals surface area (Å²) in [6.45, 7) is 0. The van der Waals surface area contributed by atoms with Crippen LogP contribution in [0.2, 0.25) is 0 Å². The van der Waals surface area contributed by atoms with E-state index in [2.05, 4.69) is 0 Å². The lowest BCUT2D eigenvalue weighted by molar-refractivity contribution is -0.137. The minimum absolute atomic E-state index is 0.0502. The molecular formula is C9H16N2O3S. The molecule has 0 aromatic heterocycles. The lowest BCUT2D eigenvalue weighted by Crippen LogP contribution is -2.45. The van der Waals surface area contributed by atoms with E-state index < -0.39 is 12.0 Å². The van der Waals surface area contributed by atoms with E-state index in [1.807, 2.05) is 0 Å². The summed E-state index contributed by atoms with van der Waals surface area (Å²) in [7, 11) is 0. The number of aliphatic carboxylic acids is 1. The normalized spacial score (nSPS) is 30.8. The summed E-state index contributed by atoms with van der Waals surface area (Å²) in [6, 6.07) is -0.841. The smallest absolute Gasteiger partial charge is 0.303 e. The van der Waals surface area contributed by atoms with E-state index in [9.17, 15) is 9.59 Å². The molecule has 0 radical (unpaired) electrons. The van der Waals surface area contributed by atoms with Gasteiger partial charge < -0.3 is 16.6 Å². The Morgan fingerprint density at radius 1 is 1.40 bits per heavy atom. The number of thioether (sulfide) groups is 1. The summed E-state index contributed by atoms with van der Waals surface area (Å²) >= 11 is 1.20. The Bertz CT molecular complexity index is 260. The molecule has 3 atom stereocenters. The molecule has 0 bridgehead atoms. The van der Waals surface area contributed by atoms with Crippen molar-refractivity contribution in [1.29, 1.82) is 0 Å². The van der Waals surface area contributed by atoms with Crippen LogP contribution in [-0.2, 0) is 9.59 Å². The molecule has 0 aromatic carbocycles. The second-order valence-corrected chi connectivity index (χ2v) is 4.96. The molecule has 15 heavy (non-hydrogen) atoms. The van der Waals surface area contributed by atoms with Crippen LogP contribution in [0.15, 0.2) is 0 Å². The highest BCUT2D eigenvalue weighted by Crippen LogP contribution is 2.30. The van der Waals surface area contributed by atoms with E-state index in [1.165, 1.54) is 11.8 Å². The van der Waals surface area contributed by atoms with Gasteiger partial charge in [-0.05, 0) is 12.8 Å². The van der Waals surface area contributed by atoms with E-state index in [4.69, 9.17) is 16.6 Å². The number of carboxylic acids is 1. The largest absolute Gasteiger partial charge is 0.481 e. The first-order valence-electron chi connectivity index (χ1n) is 4.96. The number of carbonyl (C=O) groups excluding carboxylic acids is 1. The fourth-order valence-corrected chi connectivity index (χ4v) is 2.79. The molecule has 0 spiro atoms. The standard InChI is InChI=1S/C9H16N2O3S/c10-7-5(15-9(14)8(7)11)3-1-2-4-6(12)13/h5,7-8H,1-4,10-11H2,(H,12,13)/t5-,7+,8+/m0/s1. The first-order chi connectivity index (χ1) is 7.02. The van der Waals surface area contributed by atoms with E-state index in [0.29, 0.717) is 6.42 Å². The minimum Gasteiger partial charge on any atom is -0.481 e. The highest BCUT2D eigenvalue weighted by atomic mass is 32.2. The molecule has 1 aliphatic heterocycles. The summed E-state index contributed by atoms with van der Waals surface area (Å²) in [6.07, 6.45) is 2.34. The van der Waals surface area contributed by atoms with E-state index in [0.717, 1.165) is 12.8 Å². The Balaban J connectivity index is 2.22. The van der Waals surface area contributed by atoms with Crippen LogP contribution in [0.3, 0.4) is 0 Å². The molecule has 5 nitrogen and oxygen atoms in total. The predicted molar refractivity (Wildman–Crippen MR) is 58.4 cm³/mol. The molecule has 1 aliphatic rings. The van der Waals surface area contributed by atoms with Crippen LogP contribution < -0.4 is 11.5 Å². The summed E-state index contributed by atoms with van der Waals surface area (Å²) in [5.41, 5.74) is 11.3. The lowest BCUT2D eigenvalue weighted by Gasteiger charge is -2.14. The predicted octanol–water partition coefficient (Wildman–Crippen LogP) is -0.0720. The maximum atomic E-state index is 11.2. The number of hydrogen-bond donors (Lipinski definition) is 3. The lowest BCUT2D eigenvalue weighted by atomic mass is 10.0. The Hall–Kier alpha value is -0.590. The number of carbonyl (C=O) groups is 2. The van der Waals surface area contributed by atoms with Gasteiger partial charge in [-0.15, -0.1) is 0 Å². The van der Waals surface area contributed by atoms with Crippen LogP contribution >= 0.6 is 11.8 Å². The molecule has 0 saturated carbocycles. The molecule has 1 fully saturated rings. The Kier molecular flexibility index (Phi) is 4.56. The third kappa shape index (κ3) is 3.48. The summed E-state index contributed by atoms with van der Waals surface area (Å²) in [5, 5.41) is 8.44. The molecule has 5 N–H and O–H groups in total. The van der Waals surface area contributed by atoms with Crippen molar-refractivity contribution in [2.24, 2.45) is 11.5 Å². The van der Waals surface area contributed by atoms with Crippen molar-refractivity contribution in [2.45, 2.75) is 43.0 Å². The molecule has 0 aliphatic carbocycles. The van der Waals surface area contributed by atoms with Crippen molar-refractivity contribution in [3.05, 3.63) is 0 Å². The van der Waals surface area contributed by atoms with Gasteiger partial charge in [0, 0.05) is 17.7 Å².